The van der Waals surface area contributed by atoms with Crippen molar-refractivity contribution in [2.24, 2.45) is 0 Å². The summed E-state index contributed by atoms with van der Waals surface area (Å²) in [6.45, 7) is 5.39. The molecule has 0 heterocycles. The van der Waals surface area contributed by atoms with Crippen molar-refractivity contribution in [3.05, 3.63) is 35.9 Å². The van der Waals surface area contributed by atoms with Crippen LogP contribution in [0.5, 0.6) is 0 Å². The molecule has 16 heavy (non-hydrogen) atoms. The molecular formula is C13H19NO2. The van der Waals surface area contributed by atoms with Gasteiger partial charge in [0.15, 0.2) is 0 Å². The highest BCUT2D eigenvalue weighted by atomic mass is 16.7. The smallest absolute Gasteiger partial charge is 0.325 e. The standard InChI is InChI=1S/C13H19NO2/c1-3-14(4-2)16-13(15)11-10-12-8-6-5-7-9-12/h5-9H,3-4,10-11H2,1-2H3. The third-order valence-corrected chi connectivity index (χ3v) is 2.40. The van der Waals surface area contributed by atoms with Crippen molar-refractivity contribution in [3.63, 3.8) is 0 Å². The zero-order valence-corrected chi connectivity index (χ0v) is 9.98. The van der Waals surface area contributed by atoms with Crippen molar-refractivity contribution >= 4 is 5.97 Å². The van der Waals surface area contributed by atoms with Crippen molar-refractivity contribution in [1.82, 2.24) is 5.06 Å². The summed E-state index contributed by atoms with van der Waals surface area (Å²) in [5.74, 6) is -0.160. The fraction of sp³-hybridized carbons (Fsp3) is 0.462. The average Bonchev–Trinajstić information content (AvgIpc) is 2.34. The Hall–Kier alpha value is -1.35. The second-order valence-electron chi connectivity index (χ2n) is 3.56. The molecule has 0 aliphatic rings. The van der Waals surface area contributed by atoms with Crippen LogP contribution in [0.2, 0.25) is 0 Å². The van der Waals surface area contributed by atoms with E-state index in [9.17, 15) is 4.79 Å². The van der Waals surface area contributed by atoms with Gasteiger partial charge in [-0.3, -0.25) is 4.79 Å². The highest BCUT2D eigenvalue weighted by Crippen LogP contribution is 2.04. The lowest BCUT2D eigenvalue weighted by molar-refractivity contribution is -0.188. The Kier molecular flexibility index (Phi) is 5.57. The summed E-state index contributed by atoms with van der Waals surface area (Å²) < 4.78 is 0. The molecule has 0 bridgehead atoms. The molecule has 88 valence electrons. The Morgan fingerprint density at radius 2 is 1.81 bits per heavy atom. The Morgan fingerprint density at radius 3 is 2.38 bits per heavy atom. The van der Waals surface area contributed by atoms with E-state index in [0.29, 0.717) is 6.42 Å². The van der Waals surface area contributed by atoms with E-state index in [2.05, 4.69) is 0 Å². The topological polar surface area (TPSA) is 29.5 Å². The molecule has 0 unspecified atom stereocenters. The molecule has 0 saturated heterocycles. The van der Waals surface area contributed by atoms with Crippen LogP contribution in [0.1, 0.15) is 25.8 Å². The Morgan fingerprint density at radius 1 is 1.19 bits per heavy atom. The lowest BCUT2D eigenvalue weighted by Gasteiger charge is -2.16. The van der Waals surface area contributed by atoms with Gasteiger partial charge < -0.3 is 4.84 Å². The lowest BCUT2D eigenvalue weighted by Crippen LogP contribution is -2.27. The third-order valence-electron chi connectivity index (χ3n) is 2.40. The molecule has 0 amide bonds. The van der Waals surface area contributed by atoms with E-state index in [1.807, 2.05) is 44.2 Å². The molecule has 0 aromatic heterocycles. The summed E-state index contributed by atoms with van der Waals surface area (Å²) in [5, 5.41) is 1.66. The summed E-state index contributed by atoms with van der Waals surface area (Å²) in [7, 11) is 0. The van der Waals surface area contributed by atoms with Crippen LogP contribution in [0.4, 0.5) is 0 Å². The second-order valence-corrected chi connectivity index (χ2v) is 3.56. The summed E-state index contributed by atoms with van der Waals surface area (Å²) in [4.78, 5) is 16.6. The summed E-state index contributed by atoms with van der Waals surface area (Å²) in [6, 6.07) is 9.96. The highest BCUT2D eigenvalue weighted by Gasteiger charge is 2.08. The molecule has 0 aliphatic carbocycles. The van der Waals surface area contributed by atoms with Gasteiger partial charge in [0.2, 0.25) is 0 Å². The van der Waals surface area contributed by atoms with Crippen LogP contribution in [0, 0.1) is 0 Å². The normalized spacial score (nSPS) is 10.4. The molecule has 0 saturated carbocycles. The zero-order chi connectivity index (χ0) is 11.8. The number of carbonyl (C=O) groups is 1. The van der Waals surface area contributed by atoms with E-state index < -0.39 is 0 Å². The SMILES string of the molecule is CCN(CC)OC(=O)CCc1ccccc1. The van der Waals surface area contributed by atoms with Gasteiger partial charge in [0, 0.05) is 13.1 Å². The Labute approximate surface area is 97.0 Å². The van der Waals surface area contributed by atoms with Crippen molar-refractivity contribution in [3.8, 4) is 0 Å². The molecular weight excluding hydrogens is 202 g/mol. The number of nitrogens with zero attached hydrogens (tertiary/aromatic N) is 1. The molecule has 0 radical (unpaired) electrons. The summed E-state index contributed by atoms with van der Waals surface area (Å²) in [5.41, 5.74) is 1.17. The van der Waals surface area contributed by atoms with Crippen molar-refractivity contribution in [2.75, 3.05) is 13.1 Å². The summed E-state index contributed by atoms with van der Waals surface area (Å²) in [6.07, 6.45) is 1.17. The monoisotopic (exact) mass is 221 g/mol. The van der Waals surface area contributed by atoms with Gasteiger partial charge in [-0.05, 0) is 25.8 Å². The van der Waals surface area contributed by atoms with Gasteiger partial charge in [-0.1, -0.05) is 30.3 Å². The third kappa shape index (κ3) is 4.45. The summed E-state index contributed by atoms with van der Waals surface area (Å²) >= 11 is 0. The first-order valence-electron chi connectivity index (χ1n) is 5.76. The van der Waals surface area contributed by atoms with Gasteiger partial charge in [0.25, 0.3) is 0 Å². The van der Waals surface area contributed by atoms with Gasteiger partial charge in [-0.25, -0.2) is 0 Å². The quantitative estimate of drug-likeness (QED) is 0.691. The van der Waals surface area contributed by atoms with E-state index in [4.69, 9.17) is 4.84 Å². The van der Waals surface area contributed by atoms with Crippen LogP contribution in [-0.2, 0) is 16.1 Å². The molecule has 0 aliphatic heterocycles. The fourth-order valence-corrected chi connectivity index (χ4v) is 1.43. The predicted molar refractivity (Wildman–Crippen MR) is 63.8 cm³/mol. The molecule has 3 nitrogen and oxygen atoms in total. The van der Waals surface area contributed by atoms with E-state index in [-0.39, 0.29) is 5.97 Å². The number of benzene rings is 1. The van der Waals surface area contributed by atoms with Crippen LogP contribution in [0.15, 0.2) is 30.3 Å². The maximum atomic E-state index is 11.5. The first kappa shape index (κ1) is 12.7. The van der Waals surface area contributed by atoms with E-state index in [1.54, 1.807) is 5.06 Å². The molecule has 0 spiro atoms. The van der Waals surface area contributed by atoms with Gasteiger partial charge in [0.1, 0.15) is 0 Å². The minimum absolute atomic E-state index is 0.160. The van der Waals surface area contributed by atoms with Gasteiger partial charge >= 0.3 is 5.97 Å². The Balaban J connectivity index is 2.30. The number of hydrogen-bond donors (Lipinski definition) is 0. The van der Waals surface area contributed by atoms with Crippen LogP contribution >= 0.6 is 0 Å². The van der Waals surface area contributed by atoms with Crippen molar-refractivity contribution in [1.29, 1.82) is 0 Å². The molecule has 0 atom stereocenters. The number of rotatable bonds is 6. The highest BCUT2D eigenvalue weighted by molar-refractivity contribution is 5.69. The minimum atomic E-state index is -0.160. The first-order chi connectivity index (χ1) is 7.76. The lowest BCUT2D eigenvalue weighted by atomic mass is 10.1. The van der Waals surface area contributed by atoms with E-state index >= 15 is 0 Å². The van der Waals surface area contributed by atoms with Gasteiger partial charge in [-0.2, -0.15) is 0 Å². The van der Waals surface area contributed by atoms with Crippen LogP contribution in [0.25, 0.3) is 0 Å². The van der Waals surface area contributed by atoms with Crippen LogP contribution in [0.3, 0.4) is 0 Å². The number of carbonyl (C=O) groups excluding carboxylic acids is 1. The molecule has 0 fully saturated rings. The predicted octanol–water partition coefficient (Wildman–Crippen LogP) is 2.42. The van der Waals surface area contributed by atoms with Crippen LogP contribution < -0.4 is 0 Å². The Bertz CT molecular complexity index is 307. The number of aryl methyl sites for hydroxylation is 1. The van der Waals surface area contributed by atoms with Gasteiger partial charge in [0.05, 0.1) is 6.42 Å². The van der Waals surface area contributed by atoms with Crippen molar-refractivity contribution in [2.45, 2.75) is 26.7 Å². The van der Waals surface area contributed by atoms with E-state index in [1.165, 1.54) is 5.56 Å². The van der Waals surface area contributed by atoms with E-state index in [0.717, 1.165) is 19.5 Å². The molecule has 1 aromatic rings. The largest absolute Gasteiger partial charge is 0.368 e. The van der Waals surface area contributed by atoms with Crippen LogP contribution in [-0.4, -0.2) is 24.1 Å². The molecule has 1 aromatic carbocycles. The average molecular weight is 221 g/mol. The number of hydrogen-bond acceptors (Lipinski definition) is 3. The molecule has 0 N–H and O–H groups in total. The molecule has 3 heteroatoms. The fourth-order valence-electron chi connectivity index (χ4n) is 1.43. The second kappa shape index (κ2) is 7.01. The maximum Gasteiger partial charge on any atom is 0.325 e. The number of hydroxylamine groups is 2. The zero-order valence-electron chi connectivity index (χ0n) is 9.98. The maximum absolute atomic E-state index is 11.5. The van der Waals surface area contributed by atoms with Gasteiger partial charge in [-0.15, -0.1) is 5.06 Å². The first-order valence-corrected chi connectivity index (χ1v) is 5.76. The van der Waals surface area contributed by atoms with Crippen molar-refractivity contribution < 1.29 is 9.63 Å². The minimum Gasteiger partial charge on any atom is -0.368 e. The molecule has 1 rings (SSSR count).